The van der Waals surface area contributed by atoms with Gasteiger partial charge in [0.2, 0.25) is 11.8 Å². The fourth-order valence-corrected chi connectivity index (χ4v) is 2.80. The Balaban J connectivity index is 1.82. The molecular formula is C18H17F3N2O2S. The number of para-hydroxylation sites is 1. The molecule has 26 heavy (non-hydrogen) atoms. The van der Waals surface area contributed by atoms with E-state index >= 15 is 0 Å². The van der Waals surface area contributed by atoms with Crippen molar-refractivity contribution in [3.8, 4) is 0 Å². The third kappa shape index (κ3) is 6.11. The number of aryl methyl sites for hydroxylation is 1. The molecule has 2 N–H and O–H groups in total. The number of anilines is 2. The van der Waals surface area contributed by atoms with E-state index in [0.717, 1.165) is 23.4 Å². The first-order chi connectivity index (χ1) is 12.3. The van der Waals surface area contributed by atoms with Gasteiger partial charge >= 0.3 is 6.18 Å². The van der Waals surface area contributed by atoms with Crippen molar-refractivity contribution >= 4 is 35.0 Å². The van der Waals surface area contributed by atoms with Crippen molar-refractivity contribution in [1.82, 2.24) is 0 Å². The summed E-state index contributed by atoms with van der Waals surface area (Å²) >= 11 is 1.02. The molecule has 0 heterocycles. The second kappa shape index (κ2) is 8.75. The maximum Gasteiger partial charge on any atom is 0.418 e. The molecule has 2 rings (SSSR count). The number of halogens is 3. The van der Waals surface area contributed by atoms with Crippen LogP contribution in [0.1, 0.15) is 11.1 Å². The molecule has 0 saturated heterocycles. The van der Waals surface area contributed by atoms with E-state index in [0.29, 0.717) is 5.69 Å². The van der Waals surface area contributed by atoms with Gasteiger partial charge in [-0.2, -0.15) is 13.2 Å². The fourth-order valence-electron chi connectivity index (χ4n) is 2.18. The van der Waals surface area contributed by atoms with Crippen LogP contribution in [-0.4, -0.2) is 23.3 Å². The number of rotatable bonds is 6. The molecule has 0 aliphatic carbocycles. The van der Waals surface area contributed by atoms with E-state index < -0.39 is 17.6 Å². The number of benzene rings is 2. The summed E-state index contributed by atoms with van der Waals surface area (Å²) in [5.74, 6) is -1.01. The first kappa shape index (κ1) is 19.8. The first-order valence-electron chi connectivity index (χ1n) is 7.66. The number of carbonyl (C=O) groups is 2. The number of amides is 2. The predicted molar refractivity (Wildman–Crippen MR) is 97.2 cm³/mol. The lowest BCUT2D eigenvalue weighted by atomic mass is 10.1. The first-order valence-corrected chi connectivity index (χ1v) is 8.81. The van der Waals surface area contributed by atoms with E-state index in [1.807, 2.05) is 25.1 Å². The van der Waals surface area contributed by atoms with Crippen LogP contribution in [0.25, 0.3) is 0 Å². The van der Waals surface area contributed by atoms with Crippen LogP contribution in [-0.2, 0) is 15.8 Å². The van der Waals surface area contributed by atoms with Gasteiger partial charge in [-0.1, -0.05) is 24.3 Å². The van der Waals surface area contributed by atoms with Crippen LogP contribution in [0.15, 0.2) is 48.5 Å². The predicted octanol–water partition coefficient (Wildman–Crippen LogP) is 4.32. The smallest absolute Gasteiger partial charge is 0.325 e. The number of nitrogens with one attached hydrogen (secondary N) is 2. The number of alkyl halides is 3. The molecule has 0 bridgehead atoms. The van der Waals surface area contributed by atoms with E-state index in [1.165, 1.54) is 18.2 Å². The van der Waals surface area contributed by atoms with Crippen LogP contribution in [0.5, 0.6) is 0 Å². The summed E-state index contributed by atoms with van der Waals surface area (Å²) in [5, 5.41) is 4.93. The summed E-state index contributed by atoms with van der Waals surface area (Å²) in [6.07, 6.45) is -4.55. The van der Waals surface area contributed by atoms with Gasteiger partial charge in [-0.05, 0) is 36.8 Å². The fraction of sp³-hybridized carbons (Fsp3) is 0.222. The third-order valence-corrected chi connectivity index (χ3v) is 4.21. The van der Waals surface area contributed by atoms with Gasteiger partial charge in [-0.3, -0.25) is 9.59 Å². The Kier molecular flexibility index (Phi) is 6.68. The zero-order valence-corrected chi connectivity index (χ0v) is 14.7. The van der Waals surface area contributed by atoms with Crippen LogP contribution < -0.4 is 10.6 Å². The zero-order valence-electron chi connectivity index (χ0n) is 13.9. The molecule has 2 aromatic carbocycles. The summed E-state index contributed by atoms with van der Waals surface area (Å²) in [5.41, 5.74) is 0.447. The summed E-state index contributed by atoms with van der Waals surface area (Å²) < 4.78 is 38.6. The molecule has 2 amide bonds. The largest absolute Gasteiger partial charge is 0.418 e. The van der Waals surface area contributed by atoms with Crippen molar-refractivity contribution in [2.24, 2.45) is 0 Å². The lowest BCUT2D eigenvalue weighted by Crippen LogP contribution is -2.20. The molecule has 0 atom stereocenters. The maximum atomic E-state index is 12.9. The minimum absolute atomic E-state index is 0.0162. The van der Waals surface area contributed by atoms with E-state index in [9.17, 15) is 22.8 Å². The van der Waals surface area contributed by atoms with Crippen molar-refractivity contribution in [2.45, 2.75) is 13.1 Å². The minimum Gasteiger partial charge on any atom is -0.325 e. The molecule has 0 unspecified atom stereocenters. The molecule has 0 fully saturated rings. The summed E-state index contributed by atoms with van der Waals surface area (Å²) in [4.78, 5) is 23.7. The molecular weight excluding hydrogens is 365 g/mol. The molecule has 8 heteroatoms. The van der Waals surface area contributed by atoms with E-state index in [1.54, 1.807) is 6.07 Å². The summed E-state index contributed by atoms with van der Waals surface area (Å²) in [6, 6.07) is 12.0. The minimum atomic E-state index is -4.55. The van der Waals surface area contributed by atoms with Gasteiger partial charge in [0, 0.05) is 5.69 Å². The Morgan fingerprint density at radius 1 is 0.962 bits per heavy atom. The highest BCUT2D eigenvalue weighted by atomic mass is 32.2. The van der Waals surface area contributed by atoms with Crippen LogP contribution in [0.4, 0.5) is 24.5 Å². The second-order valence-electron chi connectivity index (χ2n) is 5.50. The number of carbonyl (C=O) groups excluding carboxylic acids is 2. The monoisotopic (exact) mass is 382 g/mol. The average molecular weight is 382 g/mol. The Labute approximate surface area is 153 Å². The molecule has 0 radical (unpaired) electrons. The highest BCUT2D eigenvalue weighted by molar-refractivity contribution is 8.00. The van der Waals surface area contributed by atoms with Crippen molar-refractivity contribution in [1.29, 1.82) is 0 Å². The Morgan fingerprint density at radius 3 is 2.27 bits per heavy atom. The zero-order chi connectivity index (χ0) is 19.2. The van der Waals surface area contributed by atoms with Crippen LogP contribution in [0, 0.1) is 6.92 Å². The van der Waals surface area contributed by atoms with Gasteiger partial charge in [0.05, 0.1) is 22.8 Å². The van der Waals surface area contributed by atoms with Crippen LogP contribution in [0.2, 0.25) is 0 Å². The van der Waals surface area contributed by atoms with E-state index in [2.05, 4.69) is 10.6 Å². The Hall–Kier alpha value is -2.48. The molecule has 0 aliphatic rings. The van der Waals surface area contributed by atoms with Gasteiger partial charge in [-0.25, -0.2) is 0 Å². The Bertz CT molecular complexity index is 794. The molecule has 4 nitrogen and oxygen atoms in total. The summed E-state index contributed by atoms with van der Waals surface area (Å²) in [7, 11) is 0. The highest BCUT2D eigenvalue weighted by Crippen LogP contribution is 2.34. The van der Waals surface area contributed by atoms with Crippen LogP contribution in [0.3, 0.4) is 0 Å². The number of hydrogen-bond acceptors (Lipinski definition) is 3. The standard InChI is InChI=1S/C18H17F3N2O2S/c1-12-5-4-6-13(9-12)22-16(24)10-26-11-17(25)23-15-8-3-2-7-14(15)18(19,20)21/h2-9H,10-11H2,1H3,(H,22,24)(H,23,25). The molecule has 0 spiro atoms. The molecule has 0 aliphatic heterocycles. The quantitative estimate of drug-likeness (QED) is 0.782. The van der Waals surface area contributed by atoms with Crippen molar-refractivity contribution < 1.29 is 22.8 Å². The molecule has 0 saturated carbocycles. The number of thioether (sulfide) groups is 1. The van der Waals surface area contributed by atoms with E-state index in [4.69, 9.17) is 0 Å². The SMILES string of the molecule is Cc1cccc(NC(=O)CSCC(=O)Nc2ccccc2C(F)(F)F)c1. The second-order valence-corrected chi connectivity index (χ2v) is 6.49. The lowest BCUT2D eigenvalue weighted by molar-refractivity contribution is -0.137. The normalized spacial score (nSPS) is 11.1. The topological polar surface area (TPSA) is 58.2 Å². The molecule has 138 valence electrons. The number of hydrogen-bond donors (Lipinski definition) is 2. The lowest BCUT2D eigenvalue weighted by Gasteiger charge is -2.13. The van der Waals surface area contributed by atoms with Crippen LogP contribution >= 0.6 is 11.8 Å². The summed E-state index contributed by atoms with van der Waals surface area (Å²) in [6.45, 7) is 1.90. The molecule has 0 aromatic heterocycles. The van der Waals surface area contributed by atoms with Crippen molar-refractivity contribution in [3.05, 3.63) is 59.7 Å². The van der Waals surface area contributed by atoms with Gasteiger partial charge < -0.3 is 10.6 Å². The van der Waals surface area contributed by atoms with Gasteiger partial charge in [-0.15, -0.1) is 11.8 Å². The molecule has 2 aromatic rings. The van der Waals surface area contributed by atoms with Gasteiger partial charge in [0.25, 0.3) is 0 Å². The van der Waals surface area contributed by atoms with Gasteiger partial charge in [0.1, 0.15) is 0 Å². The highest BCUT2D eigenvalue weighted by Gasteiger charge is 2.33. The van der Waals surface area contributed by atoms with Gasteiger partial charge in [0.15, 0.2) is 0 Å². The third-order valence-electron chi connectivity index (χ3n) is 3.27. The van der Waals surface area contributed by atoms with E-state index in [-0.39, 0.29) is 23.1 Å². The average Bonchev–Trinajstić information content (AvgIpc) is 2.54. The van der Waals surface area contributed by atoms with Crippen molar-refractivity contribution in [2.75, 3.05) is 22.1 Å². The Morgan fingerprint density at radius 2 is 1.62 bits per heavy atom. The van der Waals surface area contributed by atoms with Crippen molar-refractivity contribution in [3.63, 3.8) is 0 Å². The maximum absolute atomic E-state index is 12.9.